The molecule has 2 heterocycles. The number of hydrogen-bond acceptors (Lipinski definition) is 3. The molecule has 1 aromatic carbocycles. The van der Waals surface area contributed by atoms with Crippen LogP contribution in [0.4, 0.5) is 0 Å². The molecule has 0 radical (unpaired) electrons. The van der Waals surface area contributed by atoms with Crippen molar-refractivity contribution in [2.75, 3.05) is 0 Å². The van der Waals surface area contributed by atoms with Gasteiger partial charge in [-0.05, 0) is 51.7 Å². The number of ether oxygens (including phenoxy) is 1. The molecule has 0 aliphatic carbocycles. The fourth-order valence-electron chi connectivity index (χ4n) is 3.41. The van der Waals surface area contributed by atoms with Crippen molar-refractivity contribution in [3.8, 4) is 0 Å². The van der Waals surface area contributed by atoms with Crippen LogP contribution in [0.15, 0.2) is 18.2 Å². The second kappa shape index (κ2) is 4.97. The van der Waals surface area contributed by atoms with Crippen molar-refractivity contribution >= 4 is 5.97 Å². The topological polar surface area (TPSA) is 38.3 Å². The van der Waals surface area contributed by atoms with Crippen LogP contribution in [0.25, 0.3) is 0 Å². The number of aryl methyl sites for hydroxylation is 2. The Balaban J connectivity index is 1.67. The molecule has 2 aliphatic rings. The van der Waals surface area contributed by atoms with Gasteiger partial charge in [0.2, 0.25) is 0 Å². The van der Waals surface area contributed by atoms with Gasteiger partial charge >= 0.3 is 5.97 Å². The van der Waals surface area contributed by atoms with Gasteiger partial charge in [0.25, 0.3) is 0 Å². The molecule has 2 aliphatic heterocycles. The Kier molecular flexibility index (Phi) is 3.31. The van der Waals surface area contributed by atoms with Gasteiger partial charge in [-0.25, -0.2) is 4.79 Å². The molecular formula is C16H21NO2. The van der Waals surface area contributed by atoms with Gasteiger partial charge in [-0.15, -0.1) is 0 Å². The van der Waals surface area contributed by atoms with Crippen LogP contribution in [-0.4, -0.2) is 24.2 Å². The summed E-state index contributed by atoms with van der Waals surface area (Å²) in [6, 6.07) is 6.99. The van der Waals surface area contributed by atoms with Crippen LogP contribution in [0.3, 0.4) is 0 Å². The van der Waals surface area contributed by atoms with Crippen LogP contribution in [0.5, 0.6) is 0 Å². The maximum atomic E-state index is 12.2. The van der Waals surface area contributed by atoms with Crippen molar-refractivity contribution in [2.45, 2.75) is 57.7 Å². The Morgan fingerprint density at radius 2 is 1.68 bits per heavy atom. The molecule has 2 unspecified atom stereocenters. The van der Waals surface area contributed by atoms with Crippen molar-refractivity contribution in [2.24, 2.45) is 0 Å². The maximum absolute atomic E-state index is 12.2. The van der Waals surface area contributed by atoms with Gasteiger partial charge < -0.3 is 10.1 Å². The molecule has 3 heteroatoms. The van der Waals surface area contributed by atoms with Crippen molar-refractivity contribution in [3.05, 3.63) is 34.9 Å². The number of carbonyl (C=O) groups excluding carboxylic acids is 1. The van der Waals surface area contributed by atoms with Crippen molar-refractivity contribution < 1.29 is 9.53 Å². The van der Waals surface area contributed by atoms with E-state index >= 15 is 0 Å². The minimum atomic E-state index is -0.168. The second-order valence-corrected chi connectivity index (χ2v) is 6.01. The molecule has 0 saturated carbocycles. The predicted octanol–water partition coefficient (Wildman–Crippen LogP) is 2.74. The van der Waals surface area contributed by atoms with E-state index in [0.717, 1.165) is 24.0 Å². The van der Waals surface area contributed by atoms with Crippen molar-refractivity contribution in [3.63, 3.8) is 0 Å². The molecular weight excluding hydrogens is 238 g/mol. The van der Waals surface area contributed by atoms with E-state index in [2.05, 4.69) is 11.4 Å². The highest BCUT2D eigenvalue weighted by Crippen LogP contribution is 2.29. The van der Waals surface area contributed by atoms with E-state index in [-0.39, 0.29) is 12.1 Å². The quantitative estimate of drug-likeness (QED) is 0.830. The number of hydrogen-bond donors (Lipinski definition) is 1. The van der Waals surface area contributed by atoms with E-state index in [0.29, 0.717) is 17.6 Å². The highest BCUT2D eigenvalue weighted by atomic mass is 16.5. The zero-order valence-electron chi connectivity index (χ0n) is 11.6. The summed E-state index contributed by atoms with van der Waals surface area (Å²) in [5, 5.41) is 3.56. The van der Waals surface area contributed by atoms with Crippen molar-refractivity contribution in [1.29, 1.82) is 0 Å². The van der Waals surface area contributed by atoms with E-state index in [1.54, 1.807) is 0 Å². The molecule has 0 spiro atoms. The summed E-state index contributed by atoms with van der Waals surface area (Å²) < 4.78 is 5.69. The Labute approximate surface area is 114 Å². The lowest BCUT2D eigenvalue weighted by molar-refractivity contribution is 0.0177. The summed E-state index contributed by atoms with van der Waals surface area (Å²) in [6.45, 7) is 4.02. The fraction of sp³-hybridized carbons (Fsp3) is 0.562. The number of carbonyl (C=O) groups is 1. The molecule has 0 amide bonds. The Hall–Kier alpha value is -1.35. The van der Waals surface area contributed by atoms with E-state index in [4.69, 9.17) is 4.74 Å². The molecule has 3 nitrogen and oxygen atoms in total. The van der Waals surface area contributed by atoms with Gasteiger partial charge in [-0.3, -0.25) is 0 Å². The lowest BCUT2D eigenvalue weighted by Crippen LogP contribution is -2.42. The SMILES string of the molecule is Cc1cc(C)cc(C(=O)OC2CC3CCC(C2)N3)c1. The number of benzene rings is 1. The zero-order valence-corrected chi connectivity index (χ0v) is 11.6. The summed E-state index contributed by atoms with van der Waals surface area (Å²) in [5.41, 5.74) is 2.90. The zero-order chi connectivity index (χ0) is 13.4. The minimum Gasteiger partial charge on any atom is -0.459 e. The number of piperidine rings is 1. The fourth-order valence-corrected chi connectivity index (χ4v) is 3.41. The van der Waals surface area contributed by atoms with E-state index in [1.807, 2.05) is 26.0 Å². The minimum absolute atomic E-state index is 0.0899. The monoisotopic (exact) mass is 259 g/mol. The highest BCUT2D eigenvalue weighted by Gasteiger charge is 2.35. The Morgan fingerprint density at radius 3 is 2.26 bits per heavy atom. The van der Waals surface area contributed by atoms with Gasteiger partial charge in [0.05, 0.1) is 5.56 Å². The first kappa shape index (κ1) is 12.7. The number of fused-ring (bicyclic) bond motifs is 2. The summed E-state index contributed by atoms with van der Waals surface area (Å²) in [6.07, 6.45) is 4.47. The van der Waals surface area contributed by atoms with Crippen LogP contribution in [0.2, 0.25) is 0 Å². The van der Waals surface area contributed by atoms with E-state index in [9.17, 15) is 4.79 Å². The number of esters is 1. The van der Waals surface area contributed by atoms with Crippen LogP contribution < -0.4 is 5.32 Å². The van der Waals surface area contributed by atoms with Gasteiger partial charge in [0.1, 0.15) is 6.10 Å². The third-order valence-corrected chi connectivity index (χ3v) is 4.16. The maximum Gasteiger partial charge on any atom is 0.338 e. The van der Waals surface area contributed by atoms with E-state index in [1.165, 1.54) is 12.8 Å². The van der Waals surface area contributed by atoms with Crippen molar-refractivity contribution in [1.82, 2.24) is 5.32 Å². The van der Waals surface area contributed by atoms with Crippen LogP contribution in [0, 0.1) is 13.8 Å². The molecule has 0 aromatic heterocycles. The summed E-state index contributed by atoms with van der Waals surface area (Å²) in [7, 11) is 0. The van der Waals surface area contributed by atoms with Gasteiger partial charge in [-0.2, -0.15) is 0 Å². The summed E-state index contributed by atoms with van der Waals surface area (Å²) in [5.74, 6) is -0.168. The van der Waals surface area contributed by atoms with Gasteiger partial charge in [0, 0.05) is 12.1 Å². The van der Waals surface area contributed by atoms with Crippen LogP contribution in [0.1, 0.15) is 47.2 Å². The smallest absolute Gasteiger partial charge is 0.338 e. The van der Waals surface area contributed by atoms with Crippen LogP contribution in [-0.2, 0) is 4.74 Å². The molecule has 1 N–H and O–H groups in total. The molecule has 1 aromatic rings. The average molecular weight is 259 g/mol. The second-order valence-electron chi connectivity index (χ2n) is 6.01. The van der Waals surface area contributed by atoms with Gasteiger partial charge in [0.15, 0.2) is 0 Å². The molecule has 19 heavy (non-hydrogen) atoms. The Bertz CT molecular complexity index is 465. The van der Waals surface area contributed by atoms with Crippen LogP contribution >= 0.6 is 0 Å². The third kappa shape index (κ3) is 2.81. The first-order valence-corrected chi connectivity index (χ1v) is 7.15. The molecule has 2 saturated heterocycles. The average Bonchev–Trinajstić information content (AvgIpc) is 2.67. The standard InChI is InChI=1S/C16H21NO2/c1-10-5-11(2)7-12(6-10)16(18)19-15-8-13-3-4-14(9-15)17-13/h5-7,13-15,17H,3-4,8-9H2,1-2H3. The highest BCUT2D eigenvalue weighted by molar-refractivity contribution is 5.90. The molecule has 2 atom stereocenters. The van der Waals surface area contributed by atoms with E-state index < -0.39 is 0 Å². The molecule has 102 valence electrons. The summed E-state index contributed by atoms with van der Waals surface area (Å²) >= 11 is 0. The normalized spacial score (nSPS) is 29.3. The predicted molar refractivity (Wildman–Crippen MR) is 74.3 cm³/mol. The number of nitrogens with one attached hydrogen (secondary N) is 1. The third-order valence-electron chi connectivity index (χ3n) is 4.16. The first-order valence-electron chi connectivity index (χ1n) is 7.15. The number of rotatable bonds is 2. The largest absolute Gasteiger partial charge is 0.459 e. The van der Waals surface area contributed by atoms with Gasteiger partial charge in [-0.1, -0.05) is 17.2 Å². The molecule has 2 bridgehead atoms. The molecule has 3 rings (SSSR count). The Morgan fingerprint density at radius 1 is 1.11 bits per heavy atom. The molecule has 2 fully saturated rings. The first-order chi connectivity index (χ1) is 9.10. The summed E-state index contributed by atoms with van der Waals surface area (Å²) in [4.78, 5) is 12.2. The lowest BCUT2D eigenvalue weighted by Gasteiger charge is -2.28. The lowest BCUT2D eigenvalue weighted by atomic mass is 10.0.